The van der Waals surface area contributed by atoms with Crippen LogP contribution in [-0.4, -0.2) is 63.4 Å². The van der Waals surface area contributed by atoms with Crippen LogP contribution in [0, 0.1) is 5.92 Å². The Bertz CT molecular complexity index is 490. The molecule has 1 aromatic rings. The van der Waals surface area contributed by atoms with Gasteiger partial charge in [0.1, 0.15) is 12.4 Å². The van der Waals surface area contributed by atoms with Gasteiger partial charge in [0, 0.05) is 44.3 Å². The van der Waals surface area contributed by atoms with E-state index in [1.807, 2.05) is 24.3 Å². The second kappa shape index (κ2) is 8.43. The molecular formula is C18H25NO4. The first-order chi connectivity index (χ1) is 11.3. The summed E-state index contributed by atoms with van der Waals surface area (Å²) in [6.45, 7) is 6.52. The van der Waals surface area contributed by atoms with Crippen LogP contribution in [0.25, 0.3) is 0 Å². The van der Waals surface area contributed by atoms with Gasteiger partial charge in [0.05, 0.1) is 13.2 Å². The van der Waals surface area contributed by atoms with Crippen molar-refractivity contribution in [3.05, 3.63) is 29.8 Å². The zero-order valence-corrected chi connectivity index (χ0v) is 13.5. The lowest BCUT2D eigenvalue weighted by molar-refractivity contribution is 0.0322. The fraction of sp³-hybridized carbons (Fsp3) is 0.611. The molecule has 0 aromatic heterocycles. The first-order valence-electron chi connectivity index (χ1n) is 8.48. The zero-order chi connectivity index (χ0) is 15.9. The molecule has 5 heteroatoms. The summed E-state index contributed by atoms with van der Waals surface area (Å²) in [4.78, 5) is 14.8. The van der Waals surface area contributed by atoms with Crippen molar-refractivity contribution in [3.8, 4) is 5.75 Å². The summed E-state index contributed by atoms with van der Waals surface area (Å²) in [6, 6.07) is 7.54. The van der Waals surface area contributed by atoms with Crippen LogP contribution in [0.15, 0.2) is 24.3 Å². The summed E-state index contributed by atoms with van der Waals surface area (Å²) >= 11 is 0. The minimum Gasteiger partial charge on any atom is -0.492 e. The van der Waals surface area contributed by atoms with E-state index in [2.05, 4.69) is 4.90 Å². The second-order valence-corrected chi connectivity index (χ2v) is 6.08. The Kier molecular flexibility index (Phi) is 6.02. The van der Waals surface area contributed by atoms with Gasteiger partial charge in [-0.15, -0.1) is 0 Å². The van der Waals surface area contributed by atoms with Gasteiger partial charge in [-0.2, -0.15) is 0 Å². The summed E-state index contributed by atoms with van der Waals surface area (Å²) in [6.07, 6.45) is 1.66. The number of hydrogen-bond acceptors (Lipinski definition) is 5. The molecule has 0 spiro atoms. The van der Waals surface area contributed by atoms with Crippen LogP contribution in [0.5, 0.6) is 5.75 Å². The van der Waals surface area contributed by atoms with Crippen molar-refractivity contribution < 1.29 is 19.0 Å². The smallest absolute Gasteiger partial charge is 0.166 e. The summed E-state index contributed by atoms with van der Waals surface area (Å²) in [5.41, 5.74) is 0.775. The third-order valence-corrected chi connectivity index (χ3v) is 4.51. The standard InChI is InChI=1S/C18H25NO4/c20-18(16-5-10-21-11-6-16)15-1-3-17(4-2-15)23-14-9-19-7-12-22-13-8-19/h1-4,16H,5-14H2. The van der Waals surface area contributed by atoms with E-state index in [1.54, 1.807) is 0 Å². The van der Waals surface area contributed by atoms with E-state index in [0.717, 1.165) is 57.0 Å². The van der Waals surface area contributed by atoms with Gasteiger partial charge in [-0.3, -0.25) is 9.69 Å². The number of carbonyl (C=O) groups excluding carboxylic acids is 1. The maximum Gasteiger partial charge on any atom is 0.166 e. The van der Waals surface area contributed by atoms with Crippen molar-refractivity contribution in [3.63, 3.8) is 0 Å². The van der Waals surface area contributed by atoms with Gasteiger partial charge < -0.3 is 14.2 Å². The monoisotopic (exact) mass is 319 g/mol. The van der Waals surface area contributed by atoms with E-state index < -0.39 is 0 Å². The van der Waals surface area contributed by atoms with Crippen molar-refractivity contribution in [1.82, 2.24) is 4.90 Å². The molecule has 0 unspecified atom stereocenters. The van der Waals surface area contributed by atoms with Gasteiger partial charge >= 0.3 is 0 Å². The molecule has 2 aliphatic rings. The summed E-state index contributed by atoms with van der Waals surface area (Å²) in [5.74, 6) is 1.16. The van der Waals surface area contributed by atoms with Gasteiger partial charge in [-0.05, 0) is 37.1 Å². The lowest BCUT2D eigenvalue weighted by Gasteiger charge is -2.26. The molecule has 126 valence electrons. The third-order valence-electron chi connectivity index (χ3n) is 4.51. The SMILES string of the molecule is O=C(c1ccc(OCCN2CCOCC2)cc1)C1CCOCC1. The molecule has 0 bridgehead atoms. The highest BCUT2D eigenvalue weighted by Crippen LogP contribution is 2.21. The van der Waals surface area contributed by atoms with Crippen LogP contribution < -0.4 is 4.74 Å². The normalized spacial score (nSPS) is 20.3. The number of rotatable bonds is 6. The Morgan fingerprint density at radius 1 is 1.04 bits per heavy atom. The van der Waals surface area contributed by atoms with E-state index in [4.69, 9.17) is 14.2 Å². The zero-order valence-electron chi connectivity index (χ0n) is 13.5. The highest BCUT2D eigenvalue weighted by atomic mass is 16.5. The Morgan fingerprint density at radius 3 is 2.39 bits per heavy atom. The Labute approximate surface area is 137 Å². The van der Waals surface area contributed by atoms with Gasteiger partial charge in [-0.25, -0.2) is 0 Å². The molecule has 2 heterocycles. The number of morpholine rings is 1. The molecule has 0 radical (unpaired) electrons. The highest BCUT2D eigenvalue weighted by molar-refractivity contribution is 5.98. The van der Waals surface area contributed by atoms with Crippen LogP contribution in [-0.2, 0) is 9.47 Å². The van der Waals surface area contributed by atoms with E-state index in [1.165, 1.54) is 0 Å². The van der Waals surface area contributed by atoms with Gasteiger partial charge in [0.25, 0.3) is 0 Å². The molecule has 5 nitrogen and oxygen atoms in total. The molecule has 3 rings (SSSR count). The lowest BCUT2D eigenvalue weighted by atomic mass is 9.91. The van der Waals surface area contributed by atoms with Crippen LogP contribution in [0.4, 0.5) is 0 Å². The van der Waals surface area contributed by atoms with Crippen LogP contribution in [0.1, 0.15) is 23.2 Å². The molecule has 0 N–H and O–H groups in total. The molecule has 0 saturated carbocycles. The fourth-order valence-electron chi connectivity index (χ4n) is 3.03. The number of Topliss-reactive ketones (excluding diaryl/α,β-unsaturated/α-hetero) is 1. The van der Waals surface area contributed by atoms with Gasteiger partial charge in [0.15, 0.2) is 5.78 Å². The number of ketones is 1. The average molecular weight is 319 g/mol. The van der Waals surface area contributed by atoms with E-state index in [9.17, 15) is 4.79 Å². The van der Waals surface area contributed by atoms with Crippen LogP contribution in [0.3, 0.4) is 0 Å². The van der Waals surface area contributed by atoms with Crippen molar-refractivity contribution in [2.24, 2.45) is 5.92 Å². The first kappa shape index (κ1) is 16.4. The van der Waals surface area contributed by atoms with E-state index in [-0.39, 0.29) is 11.7 Å². The predicted octanol–water partition coefficient (Wildman–Crippen LogP) is 2.01. The maximum absolute atomic E-state index is 12.4. The van der Waals surface area contributed by atoms with Gasteiger partial charge in [0.2, 0.25) is 0 Å². The minimum absolute atomic E-state index is 0.108. The Hall–Kier alpha value is -1.43. The largest absolute Gasteiger partial charge is 0.492 e. The molecule has 2 saturated heterocycles. The highest BCUT2D eigenvalue weighted by Gasteiger charge is 2.22. The van der Waals surface area contributed by atoms with Crippen molar-refractivity contribution >= 4 is 5.78 Å². The van der Waals surface area contributed by atoms with Crippen molar-refractivity contribution in [2.45, 2.75) is 12.8 Å². The molecule has 2 fully saturated rings. The van der Waals surface area contributed by atoms with E-state index in [0.29, 0.717) is 19.8 Å². The summed E-state index contributed by atoms with van der Waals surface area (Å²) in [7, 11) is 0. The second-order valence-electron chi connectivity index (χ2n) is 6.08. The van der Waals surface area contributed by atoms with Crippen molar-refractivity contribution in [2.75, 3.05) is 52.7 Å². The summed E-state index contributed by atoms with van der Waals surface area (Å²) < 4.78 is 16.4. The maximum atomic E-state index is 12.4. The molecular weight excluding hydrogens is 294 g/mol. The Balaban J connectivity index is 1.45. The average Bonchev–Trinajstić information content (AvgIpc) is 2.63. The number of nitrogens with zero attached hydrogens (tertiary/aromatic N) is 1. The van der Waals surface area contributed by atoms with E-state index >= 15 is 0 Å². The quantitative estimate of drug-likeness (QED) is 0.751. The number of benzene rings is 1. The first-order valence-corrected chi connectivity index (χ1v) is 8.48. The molecule has 0 aliphatic carbocycles. The summed E-state index contributed by atoms with van der Waals surface area (Å²) in [5, 5.41) is 0. The topological polar surface area (TPSA) is 48.0 Å². The minimum atomic E-state index is 0.108. The number of hydrogen-bond donors (Lipinski definition) is 0. The Morgan fingerprint density at radius 2 is 1.70 bits per heavy atom. The van der Waals surface area contributed by atoms with Crippen molar-refractivity contribution in [1.29, 1.82) is 0 Å². The molecule has 0 atom stereocenters. The molecule has 2 aliphatic heterocycles. The van der Waals surface area contributed by atoms with Gasteiger partial charge in [-0.1, -0.05) is 0 Å². The molecule has 23 heavy (non-hydrogen) atoms. The predicted molar refractivity (Wildman–Crippen MR) is 87.1 cm³/mol. The van der Waals surface area contributed by atoms with Crippen LogP contribution in [0.2, 0.25) is 0 Å². The fourth-order valence-corrected chi connectivity index (χ4v) is 3.03. The number of ether oxygens (including phenoxy) is 3. The molecule has 0 amide bonds. The van der Waals surface area contributed by atoms with Crippen LogP contribution >= 0.6 is 0 Å². The molecule has 1 aromatic carbocycles. The third kappa shape index (κ3) is 4.77. The number of carbonyl (C=O) groups is 1. The lowest BCUT2D eigenvalue weighted by Crippen LogP contribution is -2.38.